The van der Waals surface area contributed by atoms with Gasteiger partial charge in [-0.25, -0.2) is 4.98 Å². The molecule has 2 aromatic carbocycles. The van der Waals surface area contributed by atoms with Gasteiger partial charge in [-0.05, 0) is 52.6 Å². The lowest BCUT2D eigenvalue weighted by molar-refractivity contribution is -0.115. The molecule has 4 aromatic rings. The summed E-state index contributed by atoms with van der Waals surface area (Å²) in [5, 5.41) is 7.06. The highest BCUT2D eigenvalue weighted by Gasteiger charge is 2.17. The summed E-state index contributed by atoms with van der Waals surface area (Å²) in [5.74, 6) is 0.832. The van der Waals surface area contributed by atoms with E-state index in [-0.39, 0.29) is 5.91 Å². The van der Waals surface area contributed by atoms with Gasteiger partial charge in [0.05, 0.1) is 21.6 Å². The number of amides is 1. The molecule has 1 amide bonds. The van der Waals surface area contributed by atoms with Gasteiger partial charge in [0.2, 0.25) is 5.91 Å². The highest BCUT2D eigenvalue weighted by molar-refractivity contribution is 7.18. The summed E-state index contributed by atoms with van der Waals surface area (Å²) < 4.78 is 1.12. The zero-order valence-corrected chi connectivity index (χ0v) is 18.4. The Hall–Kier alpha value is -2.50. The van der Waals surface area contributed by atoms with E-state index in [1.165, 1.54) is 36.8 Å². The molecule has 0 atom stereocenters. The van der Waals surface area contributed by atoms with Crippen molar-refractivity contribution in [3.05, 3.63) is 70.5 Å². The molecular weight excluding hydrogens is 408 g/mol. The number of aromatic nitrogens is 1. The van der Waals surface area contributed by atoms with Gasteiger partial charge in [-0.1, -0.05) is 62.1 Å². The van der Waals surface area contributed by atoms with Crippen LogP contribution >= 0.6 is 22.7 Å². The van der Waals surface area contributed by atoms with E-state index in [1.807, 2.05) is 18.2 Å². The Labute approximate surface area is 184 Å². The summed E-state index contributed by atoms with van der Waals surface area (Å²) in [6.07, 6.45) is 6.90. The van der Waals surface area contributed by atoms with Crippen molar-refractivity contribution in [2.24, 2.45) is 5.92 Å². The van der Waals surface area contributed by atoms with Crippen LogP contribution in [0, 0.1) is 5.92 Å². The highest BCUT2D eigenvalue weighted by Crippen LogP contribution is 2.31. The molecule has 0 aliphatic heterocycles. The monoisotopic (exact) mass is 432 g/mol. The van der Waals surface area contributed by atoms with Crippen LogP contribution in [0.3, 0.4) is 0 Å². The maximum absolute atomic E-state index is 12.6. The van der Waals surface area contributed by atoms with Crippen molar-refractivity contribution in [1.29, 1.82) is 0 Å². The Morgan fingerprint density at radius 1 is 1.03 bits per heavy atom. The number of nitrogens with zero attached hydrogens (tertiary/aromatic N) is 1. The van der Waals surface area contributed by atoms with Crippen molar-refractivity contribution < 1.29 is 4.79 Å². The normalized spacial score (nSPS) is 14.4. The number of anilines is 1. The second-order valence-corrected chi connectivity index (χ2v) is 10.1. The van der Waals surface area contributed by atoms with E-state index in [9.17, 15) is 4.79 Å². The predicted molar refractivity (Wildman–Crippen MR) is 127 cm³/mol. The average Bonchev–Trinajstić information content (AvgIpc) is 3.50. The Morgan fingerprint density at radius 2 is 1.87 bits per heavy atom. The number of rotatable bonds is 6. The minimum Gasteiger partial charge on any atom is -0.317 e. The van der Waals surface area contributed by atoms with Crippen LogP contribution in [0.1, 0.15) is 36.3 Å². The molecule has 0 unspecified atom stereocenters. The van der Waals surface area contributed by atoms with Crippen LogP contribution in [-0.2, 0) is 17.6 Å². The molecule has 2 aromatic heterocycles. The molecule has 0 saturated heterocycles. The summed E-state index contributed by atoms with van der Waals surface area (Å²) in [6, 6.07) is 18.8. The standard InChI is InChI=1S/C25H24N2OS2/c28-23(27-24-13-18(16-29-24)12-17-6-4-5-7-17)15-25-26-21-14-20(10-11-22(21)30-25)19-8-2-1-3-9-19/h1-3,8-11,13-14,16-17H,4-7,12,15H2,(H,27,28). The number of hydrogen-bond acceptors (Lipinski definition) is 4. The van der Waals surface area contributed by atoms with Crippen molar-refractivity contribution in [3.8, 4) is 11.1 Å². The quantitative estimate of drug-likeness (QED) is 0.358. The SMILES string of the molecule is O=C(Cc1nc2cc(-c3ccccc3)ccc2s1)Nc1cc(CC2CCCC2)cs1. The van der Waals surface area contributed by atoms with Gasteiger partial charge in [0.1, 0.15) is 5.01 Å². The summed E-state index contributed by atoms with van der Waals surface area (Å²) in [5.41, 5.74) is 4.64. The largest absolute Gasteiger partial charge is 0.317 e. The van der Waals surface area contributed by atoms with Gasteiger partial charge < -0.3 is 5.32 Å². The molecule has 3 nitrogen and oxygen atoms in total. The fourth-order valence-electron chi connectivity index (χ4n) is 4.28. The lowest BCUT2D eigenvalue weighted by Crippen LogP contribution is -2.13. The molecule has 30 heavy (non-hydrogen) atoms. The van der Waals surface area contributed by atoms with Crippen LogP contribution in [0.2, 0.25) is 0 Å². The molecule has 152 valence electrons. The number of carbonyl (C=O) groups is 1. The fraction of sp³-hybridized carbons (Fsp3) is 0.280. The highest BCUT2D eigenvalue weighted by atomic mass is 32.1. The molecule has 2 heterocycles. The van der Waals surface area contributed by atoms with Gasteiger partial charge in [0.15, 0.2) is 0 Å². The second kappa shape index (κ2) is 8.70. The minimum atomic E-state index is 0.00612. The first-order chi connectivity index (χ1) is 14.7. The van der Waals surface area contributed by atoms with Crippen molar-refractivity contribution in [2.45, 2.75) is 38.5 Å². The van der Waals surface area contributed by atoms with E-state index in [2.05, 4.69) is 47.1 Å². The molecule has 5 rings (SSSR count). The molecule has 1 N–H and O–H groups in total. The summed E-state index contributed by atoms with van der Waals surface area (Å²) in [7, 11) is 0. The number of fused-ring (bicyclic) bond motifs is 1. The Kier molecular flexibility index (Phi) is 5.65. The smallest absolute Gasteiger partial charge is 0.231 e. The fourth-order valence-corrected chi connectivity index (χ4v) is 6.06. The molecule has 0 radical (unpaired) electrons. The number of hydrogen-bond donors (Lipinski definition) is 1. The number of thiazole rings is 1. The predicted octanol–water partition coefficient (Wildman–Crippen LogP) is 6.94. The summed E-state index contributed by atoms with van der Waals surface area (Å²) in [4.78, 5) is 17.3. The molecule has 1 aliphatic rings. The van der Waals surface area contributed by atoms with E-state index in [0.717, 1.165) is 38.1 Å². The minimum absolute atomic E-state index is 0.00612. The summed E-state index contributed by atoms with van der Waals surface area (Å²) in [6.45, 7) is 0. The molecule has 1 fully saturated rings. The van der Waals surface area contributed by atoms with Gasteiger partial charge in [0.25, 0.3) is 0 Å². The van der Waals surface area contributed by atoms with Gasteiger partial charge in [-0.15, -0.1) is 22.7 Å². The van der Waals surface area contributed by atoms with Gasteiger partial charge in [-0.2, -0.15) is 0 Å². The Morgan fingerprint density at radius 3 is 2.70 bits per heavy atom. The molecule has 5 heteroatoms. The maximum Gasteiger partial charge on any atom is 0.231 e. The zero-order chi connectivity index (χ0) is 20.3. The third-order valence-electron chi connectivity index (χ3n) is 5.77. The third kappa shape index (κ3) is 4.47. The molecule has 1 saturated carbocycles. The number of thiophene rings is 1. The van der Waals surface area contributed by atoms with Crippen molar-refractivity contribution in [2.75, 3.05) is 5.32 Å². The third-order valence-corrected chi connectivity index (χ3v) is 7.70. The Bertz CT molecular complexity index is 1160. The number of benzene rings is 2. The second-order valence-electron chi connectivity index (χ2n) is 8.05. The first-order valence-corrected chi connectivity index (χ1v) is 12.2. The zero-order valence-electron chi connectivity index (χ0n) is 16.8. The summed E-state index contributed by atoms with van der Waals surface area (Å²) >= 11 is 3.23. The van der Waals surface area contributed by atoms with E-state index < -0.39 is 0 Å². The van der Waals surface area contributed by atoms with Crippen molar-refractivity contribution in [3.63, 3.8) is 0 Å². The molecule has 1 aliphatic carbocycles. The van der Waals surface area contributed by atoms with Crippen LogP contribution in [0.4, 0.5) is 5.00 Å². The van der Waals surface area contributed by atoms with Crippen molar-refractivity contribution >= 4 is 43.8 Å². The van der Waals surface area contributed by atoms with E-state index in [4.69, 9.17) is 4.98 Å². The number of carbonyl (C=O) groups excluding carboxylic acids is 1. The Balaban J connectivity index is 1.24. The van der Waals surface area contributed by atoms with E-state index in [0.29, 0.717) is 6.42 Å². The lowest BCUT2D eigenvalue weighted by atomic mass is 10.0. The van der Waals surface area contributed by atoms with E-state index in [1.54, 1.807) is 22.7 Å². The average molecular weight is 433 g/mol. The number of nitrogens with one attached hydrogen (secondary N) is 1. The van der Waals surface area contributed by atoms with Crippen LogP contribution in [0.5, 0.6) is 0 Å². The molecule has 0 spiro atoms. The van der Waals surface area contributed by atoms with Crippen LogP contribution in [-0.4, -0.2) is 10.9 Å². The van der Waals surface area contributed by atoms with Crippen molar-refractivity contribution in [1.82, 2.24) is 4.98 Å². The van der Waals surface area contributed by atoms with Gasteiger partial charge >= 0.3 is 0 Å². The molecular formula is C25H24N2OS2. The van der Waals surface area contributed by atoms with Crippen LogP contribution in [0.25, 0.3) is 21.3 Å². The van der Waals surface area contributed by atoms with Crippen LogP contribution < -0.4 is 5.32 Å². The van der Waals surface area contributed by atoms with Gasteiger partial charge in [0, 0.05) is 0 Å². The first-order valence-electron chi connectivity index (χ1n) is 10.5. The maximum atomic E-state index is 12.6. The lowest BCUT2D eigenvalue weighted by Gasteiger charge is -2.05. The topological polar surface area (TPSA) is 42.0 Å². The van der Waals surface area contributed by atoms with Crippen LogP contribution in [0.15, 0.2) is 60.0 Å². The first kappa shape index (κ1) is 19.5. The van der Waals surface area contributed by atoms with Gasteiger partial charge in [-0.3, -0.25) is 4.79 Å². The molecule has 0 bridgehead atoms. The van der Waals surface area contributed by atoms with E-state index >= 15 is 0 Å².